The van der Waals surface area contributed by atoms with Crippen LogP contribution in [0.2, 0.25) is 0 Å². The van der Waals surface area contributed by atoms with Crippen molar-refractivity contribution >= 4 is 11.6 Å². The molecule has 2 nitrogen and oxygen atoms in total. The predicted molar refractivity (Wildman–Crippen MR) is 40.4 cm³/mol. The molecule has 2 aliphatic heterocycles. The van der Waals surface area contributed by atoms with Gasteiger partial charge in [-0.3, -0.25) is 4.90 Å². The fourth-order valence-corrected chi connectivity index (χ4v) is 2.08. The predicted octanol–water partition coefficient (Wildman–Crippen LogP) is 0.698. The van der Waals surface area contributed by atoms with E-state index >= 15 is 0 Å². The van der Waals surface area contributed by atoms with Crippen LogP contribution in [-0.2, 0) is 4.74 Å². The van der Waals surface area contributed by atoms with Crippen LogP contribution in [-0.4, -0.2) is 42.6 Å². The smallest absolute Gasteiger partial charge is 0.0718 e. The summed E-state index contributed by atoms with van der Waals surface area (Å²) in [5.41, 5.74) is 0. The lowest BCUT2D eigenvalue weighted by molar-refractivity contribution is 0.0333. The van der Waals surface area contributed by atoms with Crippen LogP contribution in [0.5, 0.6) is 0 Å². The number of morpholine rings is 1. The topological polar surface area (TPSA) is 12.5 Å². The Labute approximate surface area is 66.1 Å². The summed E-state index contributed by atoms with van der Waals surface area (Å²) in [6.07, 6.45) is 1.75. The third-order valence-electron chi connectivity index (χ3n) is 2.39. The first kappa shape index (κ1) is 6.89. The highest BCUT2D eigenvalue weighted by Gasteiger charge is 2.38. The van der Waals surface area contributed by atoms with Gasteiger partial charge in [0.1, 0.15) is 0 Å². The molecule has 3 heteroatoms. The molecule has 2 aliphatic rings. The molecule has 0 unspecified atom stereocenters. The first-order valence-electron chi connectivity index (χ1n) is 3.82. The summed E-state index contributed by atoms with van der Waals surface area (Å²) in [5.74, 6) is 0.753. The highest BCUT2D eigenvalue weighted by atomic mass is 35.5. The van der Waals surface area contributed by atoms with Crippen LogP contribution in [0.4, 0.5) is 0 Å². The quantitative estimate of drug-likeness (QED) is 0.553. The average Bonchev–Trinajstić information content (AvgIpc) is 2.48. The van der Waals surface area contributed by atoms with E-state index in [1.54, 1.807) is 0 Å². The Hall–Kier alpha value is 0.210. The van der Waals surface area contributed by atoms with Crippen LogP contribution >= 0.6 is 11.6 Å². The molecule has 0 saturated carbocycles. The maximum absolute atomic E-state index is 5.64. The van der Waals surface area contributed by atoms with E-state index in [1.807, 2.05) is 0 Å². The molecule has 0 N–H and O–H groups in total. The van der Waals surface area contributed by atoms with Gasteiger partial charge in [-0.05, 0) is 6.42 Å². The Morgan fingerprint density at radius 3 is 3.00 bits per heavy atom. The monoisotopic (exact) mass is 161 g/mol. The summed E-state index contributed by atoms with van der Waals surface area (Å²) in [6.45, 7) is 3.07. The molecule has 2 fully saturated rings. The van der Waals surface area contributed by atoms with E-state index < -0.39 is 0 Å². The minimum Gasteiger partial charge on any atom is -0.375 e. The Morgan fingerprint density at radius 2 is 2.50 bits per heavy atom. The van der Waals surface area contributed by atoms with Gasteiger partial charge in [0.05, 0.1) is 12.7 Å². The van der Waals surface area contributed by atoms with E-state index in [2.05, 4.69) is 4.90 Å². The zero-order chi connectivity index (χ0) is 6.97. The lowest BCUT2D eigenvalue weighted by Crippen LogP contribution is -2.38. The van der Waals surface area contributed by atoms with Crippen LogP contribution in [0.3, 0.4) is 0 Å². The van der Waals surface area contributed by atoms with Gasteiger partial charge in [-0.2, -0.15) is 0 Å². The molecule has 0 aliphatic carbocycles. The molecule has 58 valence electrons. The number of rotatable bonds is 2. The zero-order valence-corrected chi connectivity index (χ0v) is 6.68. The third-order valence-corrected chi connectivity index (χ3v) is 2.55. The highest BCUT2D eigenvalue weighted by molar-refractivity contribution is 6.18. The fraction of sp³-hybridized carbons (Fsp3) is 1.00. The van der Waals surface area contributed by atoms with E-state index in [0.29, 0.717) is 12.1 Å². The lowest BCUT2D eigenvalue weighted by atomic mass is 10.2. The zero-order valence-electron chi connectivity index (χ0n) is 5.92. The molecular weight excluding hydrogens is 150 g/mol. The van der Waals surface area contributed by atoms with Crippen LogP contribution in [0, 0.1) is 0 Å². The largest absolute Gasteiger partial charge is 0.375 e. The van der Waals surface area contributed by atoms with Crippen LogP contribution in [0.1, 0.15) is 6.42 Å². The van der Waals surface area contributed by atoms with Crippen LogP contribution < -0.4 is 0 Å². The van der Waals surface area contributed by atoms with E-state index in [4.69, 9.17) is 16.3 Å². The van der Waals surface area contributed by atoms with Gasteiger partial charge in [-0.1, -0.05) is 0 Å². The summed E-state index contributed by atoms with van der Waals surface area (Å²) in [4.78, 5) is 2.43. The number of halogens is 1. The summed E-state index contributed by atoms with van der Waals surface area (Å²) in [5, 5.41) is 0. The Balaban J connectivity index is 1.90. The maximum atomic E-state index is 5.64. The molecule has 0 spiro atoms. The molecule has 2 rings (SSSR count). The van der Waals surface area contributed by atoms with E-state index in [-0.39, 0.29) is 0 Å². The standard InChI is InChI=1S/C7H12ClNO/c8-1-2-9-4-7-3-6(9)5-10-7/h6-7H,1-5H2/t6-,7-/m1/s1. The van der Waals surface area contributed by atoms with Crippen molar-refractivity contribution in [3.63, 3.8) is 0 Å². The van der Waals surface area contributed by atoms with Crippen molar-refractivity contribution in [3.8, 4) is 0 Å². The first-order valence-corrected chi connectivity index (χ1v) is 4.35. The Morgan fingerprint density at radius 1 is 1.60 bits per heavy atom. The molecule has 0 aromatic rings. The molecule has 0 amide bonds. The number of nitrogens with zero attached hydrogens (tertiary/aromatic N) is 1. The number of hydrogen-bond acceptors (Lipinski definition) is 2. The molecular formula is C7H12ClNO. The molecule has 0 aromatic heterocycles. The van der Waals surface area contributed by atoms with Gasteiger partial charge in [-0.15, -0.1) is 11.6 Å². The minimum absolute atomic E-state index is 0.521. The molecule has 0 radical (unpaired) electrons. The van der Waals surface area contributed by atoms with Crippen molar-refractivity contribution in [3.05, 3.63) is 0 Å². The Kier molecular flexibility index (Phi) is 1.85. The highest BCUT2D eigenvalue weighted by Crippen LogP contribution is 2.26. The van der Waals surface area contributed by atoms with E-state index in [9.17, 15) is 0 Å². The normalized spacial score (nSPS) is 39.3. The van der Waals surface area contributed by atoms with Gasteiger partial charge in [-0.25, -0.2) is 0 Å². The van der Waals surface area contributed by atoms with E-state index in [1.165, 1.54) is 6.42 Å². The van der Waals surface area contributed by atoms with Crippen LogP contribution in [0.15, 0.2) is 0 Å². The second kappa shape index (κ2) is 2.68. The van der Waals surface area contributed by atoms with Crippen molar-refractivity contribution in [2.24, 2.45) is 0 Å². The van der Waals surface area contributed by atoms with E-state index in [0.717, 1.165) is 25.6 Å². The van der Waals surface area contributed by atoms with Gasteiger partial charge in [0.15, 0.2) is 0 Å². The second-order valence-corrected chi connectivity index (χ2v) is 3.41. The van der Waals surface area contributed by atoms with Gasteiger partial charge in [0.25, 0.3) is 0 Å². The van der Waals surface area contributed by atoms with Gasteiger partial charge in [0, 0.05) is 25.0 Å². The first-order chi connectivity index (χ1) is 4.90. The number of alkyl halides is 1. The molecule has 2 heterocycles. The maximum Gasteiger partial charge on any atom is 0.0718 e. The number of ether oxygens (including phenoxy) is 1. The summed E-state index contributed by atoms with van der Waals surface area (Å²) in [6, 6.07) is 0.684. The lowest BCUT2D eigenvalue weighted by Gasteiger charge is -2.25. The van der Waals surface area contributed by atoms with Crippen molar-refractivity contribution in [2.75, 3.05) is 25.6 Å². The molecule has 2 bridgehead atoms. The molecule has 2 saturated heterocycles. The number of hydrogen-bond donors (Lipinski definition) is 0. The van der Waals surface area contributed by atoms with Crippen LogP contribution in [0.25, 0.3) is 0 Å². The minimum atomic E-state index is 0.521. The number of likely N-dealkylation sites (tertiary alicyclic amines) is 1. The van der Waals surface area contributed by atoms with Crippen molar-refractivity contribution in [1.82, 2.24) is 4.90 Å². The summed E-state index contributed by atoms with van der Waals surface area (Å²) >= 11 is 5.64. The van der Waals surface area contributed by atoms with Gasteiger partial charge >= 0.3 is 0 Å². The summed E-state index contributed by atoms with van der Waals surface area (Å²) < 4.78 is 5.44. The molecule has 10 heavy (non-hydrogen) atoms. The van der Waals surface area contributed by atoms with Crippen molar-refractivity contribution in [1.29, 1.82) is 0 Å². The average molecular weight is 162 g/mol. The molecule has 0 aromatic carbocycles. The van der Waals surface area contributed by atoms with Gasteiger partial charge in [0.2, 0.25) is 0 Å². The third kappa shape index (κ3) is 1.04. The molecule has 2 atom stereocenters. The van der Waals surface area contributed by atoms with Crippen molar-refractivity contribution < 1.29 is 4.74 Å². The SMILES string of the molecule is ClCCN1C[C@H]2C[C@@H]1CO2. The van der Waals surface area contributed by atoms with Gasteiger partial charge < -0.3 is 4.74 Å². The Bertz CT molecular complexity index is 131. The second-order valence-electron chi connectivity index (χ2n) is 3.03. The number of fused-ring (bicyclic) bond motifs is 2. The fourth-order valence-electron chi connectivity index (χ4n) is 1.86. The van der Waals surface area contributed by atoms with Crippen molar-refractivity contribution in [2.45, 2.75) is 18.6 Å². The summed E-state index contributed by atoms with van der Waals surface area (Å²) in [7, 11) is 0.